The topological polar surface area (TPSA) is 46.8 Å². The van der Waals surface area contributed by atoms with Crippen molar-refractivity contribution in [2.75, 3.05) is 6.54 Å². The first-order chi connectivity index (χ1) is 9.61. The van der Waals surface area contributed by atoms with Crippen LogP contribution in [0.2, 0.25) is 0 Å². The number of hydrogen-bond donors (Lipinski definition) is 0. The zero-order chi connectivity index (χ0) is 14.1. The number of rotatable bonds is 3. The van der Waals surface area contributed by atoms with E-state index in [0.717, 1.165) is 43.4 Å². The van der Waals surface area contributed by atoms with Crippen molar-refractivity contribution in [2.24, 2.45) is 0 Å². The van der Waals surface area contributed by atoms with Crippen molar-refractivity contribution >= 4 is 0 Å². The lowest BCUT2D eigenvalue weighted by atomic mass is 10.2. The Labute approximate surface area is 119 Å². The van der Waals surface area contributed by atoms with E-state index in [1.54, 1.807) is 0 Å². The van der Waals surface area contributed by atoms with E-state index in [0.29, 0.717) is 5.92 Å². The molecule has 0 amide bonds. The summed E-state index contributed by atoms with van der Waals surface area (Å²) in [5.41, 5.74) is 3.51. The summed E-state index contributed by atoms with van der Waals surface area (Å²) < 4.78 is 2.12. The van der Waals surface area contributed by atoms with Crippen LogP contribution in [0.3, 0.4) is 0 Å². The lowest BCUT2D eigenvalue weighted by Gasteiger charge is -2.27. The summed E-state index contributed by atoms with van der Waals surface area (Å²) in [6, 6.07) is 4.19. The molecule has 0 atom stereocenters. The smallest absolute Gasteiger partial charge is 0.131 e. The number of fused-ring (bicyclic) bond motifs is 1. The van der Waals surface area contributed by atoms with Gasteiger partial charge in [0.1, 0.15) is 5.82 Å². The largest absolute Gasteiger partial charge is 0.290 e. The molecule has 2 aromatic rings. The highest BCUT2D eigenvalue weighted by Crippen LogP contribution is 2.16. The fourth-order valence-electron chi connectivity index (χ4n) is 2.61. The van der Waals surface area contributed by atoms with Crippen LogP contribution < -0.4 is 0 Å². The van der Waals surface area contributed by atoms with Crippen molar-refractivity contribution in [3.8, 4) is 0 Å². The third kappa shape index (κ3) is 2.72. The lowest BCUT2D eigenvalue weighted by Crippen LogP contribution is -2.33. The van der Waals surface area contributed by atoms with Gasteiger partial charge in [-0.15, -0.1) is 0 Å². The fraction of sp³-hybridized carbons (Fsp3) is 0.533. The molecular weight excluding hydrogens is 250 g/mol. The van der Waals surface area contributed by atoms with Crippen molar-refractivity contribution in [1.29, 1.82) is 0 Å². The number of nitrogens with zero attached hydrogens (tertiary/aromatic N) is 5. The predicted octanol–water partition coefficient (Wildman–Crippen LogP) is 2.12. The average molecular weight is 271 g/mol. The first-order valence-corrected chi connectivity index (χ1v) is 7.19. The van der Waals surface area contributed by atoms with E-state index < -0.39 is 0 Å². The second kappa shape index (κ2) is 5.32. The number of hydrogen-bond acceptors (Lipinski definition) is 4. The van der Waals surface area contributed by atoms with Crippen LogP contribution in [0.25, 0.3) is 0 Å². The first kappa shape index (κ1) is 13.2. The standard InChI is InChI=1S/C15H21N5/c1-11(2)15-16-5-4-13(17-15)9-19-6-7-20-14(10-19)8-12(3)18-20/h4-5,8,11H,6-7,9-10H2,1-3H3. The highest BCUT2D eigenvalue weighted by Gasteiger charge is 2.18. The van der Waals surface area contributed by atoms with Crippen LogP contribution in [0.4, 0.5) is 0 Å². The van der Waals surface area contributed by atoms with Crippen LogP contribution >= 0.6 is 0 Å². The molecule has 20 heavy (non-hydrogen) atoms. The van der Waals surface area contributed by atoms with E-state index in [4.69, 9.17) is 0 Å². The van der Waals surface area contributed by atoms with E-state index >= 15 is 0 Å². The highest BCUT2D eigenvalue weighted by molar-refractivity contribution is 5.11. The van der Waals surface area contributed by atoms with Crippen molar-refractivity contribution in [3.05, 3.63) is 41.2 Å². The Morgan fingerprint density at radius 2 is 2.15 bits per heavy atom. The summed E-state index contributed by atoms with van der Waals surface area (Å²) in [6.07, 6.45) is 1.87. The van der Waals surface area contributed by atoms with Crippen LogP contribution in [0.1, 0.15) is 42.7 Å². The van der Waals surface area contributed by atoms with Gasteiger partial charge in [-0.1, -0.05) is 13.8 Å². The molecular formula is C15H21N5. The van der Waals surface area contributed by atoms with Crippen LogP contribution in [-0.4, -0.2) is 31.2 Å². The minimum Gasteiger partial charge on any atom is -0.290 e. The van der Waals surface area contributed by atoms with Crippen molar-refractivity contribution in [3.63, 3.8) is 0 Å². The normalized spacial score (nSPS) is 15.6. The van der Waals surface area contributed by atoms with Crippen LogP contribution in [-0.2, 0) is 19.6 Å². The minimum absolute atomic E-state index is 0.375. The maximum Gasteiger partial charge on any atom is 0.131 e. The van der Waals surface area contributed by atoms with Gasteiger partial charge in [-0.05, 0) is 19.1 Å². The Morgan fingerprint density at radius 3 is 2.95 bits per heavy atom. The molecule has 0 fully saturated rings. The third-order valence-electron chi connectivity index (χ3n) is 3.63. The molecule has 0 radical (unpaired) electrons. The van der Waals surface area contributed by atoms with Gasteiger partial charge in [-0.2, -0.15) is 5.10 Å². The van der Waals surface area contributed by atoms with Crippen LogP contribution in [0, 0.1) is 6.92 Å². The van der Waals surface area contributed by atoms with Gasteiger partial charge in [0, 0.05) is 31.7 Å². The van der Waals surface area contributed by atoms with Gasteiger partial charge in [0.15, 0.2) is 0 Å². The number of aryl methyl sites for hydroxylation is 1. The molecule has 0 aromatic carbocycles. The maximum absolute atomic E-state index is 4.65. The average Bonchev–Trinajstić information content (AvgIpc) is 2.78. The summed E-state index contributed by atoms with van der Waals surface area (Å²) in [5.74, 6) is 1.31. The van der Waals surface area contributed by atoms with Gasteiger partial charge in [-0.3, -0.25) is 9.58 Å². The Morgan fingerprint density at radius 1 is 1.30 bits per heavy atom. The van der Waals surface area contributed by atoms with Gasteiger partial charge in [0.05, 0.1) is 23.6 Å². The van der Waals surface area contributed by atoms with Gasteiger partial charge in [0.25, 0.3) is 0 Å². The molecule has 0 unspecified atom stereocenters. The molecule has 1 aliphatic heterocycles. The fourth-order valence-corrected chi connectivity index (χ4v) is 2.61. The van der Waals surface area contributed by atoms with Crippen molar-refractivity contribution in [2.45, 2.75) is 46.3 Å². The first-order valence-electron chi connectivity index (χ1n) is 7.19. The summed E-state index contributed by atoms with van der Waals surface area (Å²) >= 11 is 0. The molecule has 5 nitrogen and oxygen atoms in total. The molecule has 3 rings (SSSR count). The molecule has 106 valence electrons. The molecule has 1 aliphatic rings. The van der Waals surface area contributed by atoms with Crippen LogP contribution in [0.5, 0.6) is 0 Å². The predicted molar refractivity (Wildman–Crippen MR) is 77.2 cm³/mol. The molecule has 5 heteroatoms. The molecule has 2 aromatic heterocycles. The Hall–Kier alpha value is -1.75. The van der Waals surface area contributed by atoms with Crippen molar-refractivity contribution < 1.29 is 0 Å². The van der Waals surface area contributed by atoms with Crippen molar-refractivity contribution in [1.82, 2.24) is 24.6 Å². The summed E-state index contributed by atoms with van der Waals surface area (Å²) in [5, 5.41) is 4.49. The summed E-state index contributed by atoms with van der Waals surface area (Å²) in [7, 11) is 0. The molecule has 3 heterocycles. The van der Waals surface area contributed by atoms with E-state index in [-0.39, 0.29) is 0 Å². The van der Waals surface area contributed by atoms with E-state index in [9.17, 15) is 0 Å². The lowest BCUT2D eigenvalue weighted by molar-refractivity contribution is 0.202. The molecule has 0 spiro atoms. The van der Waals surface area contributed by atoms with Gasteiger partial charge in [0.2, 0.25) is 0 Å². The summed E-state index contributed by atoms with van der Waals surface area (Å²) in [4.78, 5) is 11.4. The monoisotopic (exact) mass is 271 g/mol. The minimum atomic E-state index is 0.375. The summed E-state index contributed by atoms with van der Waals surface area (Å²) in [6.45, 7) is 10.1. The number of aromatic nitrogens is 4. The van der Waals surface area contributed by atoms with E-state index in [2.05, 4.69) is 51.5 Å². The SMILES string of the molecule is Cc1cc2n(n1)CCN(Cc1ccnc(C(C)C)n1)C2. The molecule has 0 saturated carbocycles. The Kier molecular flexibility index (Phi) is 3.53. The second-order valence-electron chi connectivity index (χ2n) is 5.77. The third-order valence-corrected chi connectivity index (χ3v) is 3.63. The zero-order valence-corrected chi connectivity index (χ0v) is 12.4. The molecule has 0 saturated heterocycles. The van der Waals surface area contributed by atoms with E-state index in [1.807, 2.05) is 12.3 Å². The Bertz CT molecular complexity index is 602. The Balaban J connectivity index is 1.71. The maximum atomic E-state index is 4.65. The molecule has 0 N–H and O–H groups in total. The quantitative estimate of drug-likeness (QED) is 0.858. The van der Waals surface area contributed by atoms with Gasteiger partial charge < -0.3 is 0 Å². The van der Waals surface area contributed by atoms with Gasteiger partial charge >= 0.3 is 0 Å². The van der Waals surface area contributed by atoms with Crippen LogP contribution in [0.15, 0.2) is 18.3 Å². The van der Waals surface area contributed by atoms with E-state index in [1.165, 1.54) is 5.69 Å². The molecule has 0 bridgehead atoms. The zero-order valence-electron chi connectivity index (χ0n) is 12.4. The molecule has 0 aliphatic carbocycles. The second-order valence-corrected chi connectivity index (χ2v) is 5.77. The highest BCUT2D eigenvalue weighted by atomic mass is 15.3. The van der Waals surface area contributed by atoms with Gasteiger partial charge in [-0.25, -0.2) is 9.97 Å².